The van der Waals surface area contributed by atoms with Gasteiger partial charge in [0, 0.05) is 23.2 Å². The second-order valence-electron chi connectivity index (χ2n) is 5.62. The summed E-state index contributed by atoms with van der Waals surface area (Å²) in [6.45, 7) is 4.38. The van der Waals surface area contributed by atoms with E-state index in [4.69, 9.17) is 16.3 Å². The number of aliphatic hydroxyl groups excluding tert-OH is 1. The maximum atomic E-state index is 12.3. The first-order chi connectivity index (χ1) is 9.99. The van der Waals surface area contributed by atoms with E-state index >= 15 is 0 Å². The van der Waals surface area contributed by atoms with Crippen molar-refractivity contribution >= 4 is 17.5 Å². The minimum absolute atomic E-state index is 0.0114. The van der Waals surface area contributed by atoms with Crippen LogP contribution in [0.4, 0.5) is 0 Å². The van der Waals surface area contributed by atoms with Gasteiger partial charge in [-0.05, 0) is 45.2 Å². The molecule has 116 valence electrons. The number of hydrogen-bond donors (Lipinski definition) is 1. The Labute approximate surface area is 130 Å². The normalized spacial score (nSPS) is 19.6. The average Bonchev–Trinajstić information content (AvgIpc) is 2.87. The molecule has 21 heavy (non-hydrogen) atoms. The van der Waals surface area contributed by atoms with E-state index in [1.807, 2.05) is 17.9 Å². The zero-order valence-electron chi connectivity index (χ0n) is 12.5. The number of benzene rings is 1. The molecule has 2 atom stereocenters. The quantitative estimate of drug-likeness (QED) is 0.909. The van der Waals surface area contributed by atoms with Crippen LogP contribution in [0.3, 0.4) is 0 Å². The number of rotatable bonds is 5. The third-order valence-corrected chi connectivity index (χ3v) is 4.29. The Morgan fingerprint density at radius 1 is 1.57 bits per heavy atom. The van der Waals surface area contributed by atoms with Crippen LogP contribution in [0.15, 0.2) is 18.2 Å². The van der Waals surface area contributed by atoms with Crippen LogP contribution < -0.4 is 4.74 Å². The Bertz CT molecular complexity index is 504. The van der Waals surface area contributed by atoms with E-state index in [1.54, 1.807) is 19.1 Å². The van der Waals surface area contributed by atoms with Gasteiger partial charge in [-0.2, -0.15) is 0 Å². The van der Waals surface area contributed by atoms with E-state index in [0.717, 1.165) is 24.9 Å². The van der Waals surface area contributed by atoms with Gasteiger partial charge in [0.05, 0.1) is 6.10 Å². The maximum absolute atomic E-state index is 12.3. The number of halogens is 1. The summed E-state index contributed by atoms with van der Waals surface area (Å²) in [6, 6.07) is 5.54. The largest absolute Gasteiger partial charge is 0.483 e. The topological polar surface area (TPSA) is 49.8 Å². The van der Waals surface area contributed by atoms with Gasteiger partial charge in [0.25, 0.3) is 5.91 Å². The first-order valence-electron chi connectivity index (χ1n) is 7.34. The van der Waals surface area contributed by atoms with Gasteiger partial charge >= 0.3 is 0 Å². The number of nitrogens with zero attached hydrogens (tertiary/aromatic N) is 1. The van der Waals surface area contributed by atoms with Crippen LogP contribution in [0.1, 0.15) is 31.7 Å². The maximum Gasteiger partial charge on any atom is 0.260 e. The number of carbonyl (C=O) groups excluding carboxylic acids is 1. The number of ether oxygens (including phenoxy) is 1. The fourth-order valence-electron chi connectivity index (χ4n) is 2.77. The van der Waals surface area contributed by atoms with Gasteiger partial charge in [-0.25, -0.2) is 0 Å². The molecule has 0 aromatic heterocycles. The van der Waals surface area contributed by atoms with E-state index in [0.29, 0.717) is 17.2 Å². The predicted octanol–water partition coefficient (Wildman–Crippen LogP) is 2.79. The minimum Gasteiger partial charge on any atom is -0.483 e. The molecule has 1 amide bonds. The van der Waals surface area contributed by atoms with Crippen LogP contribution in [0, 0.1) is 6.92 Å². The van der Waals surface area contributed by atoms with Gasteiger partial charge in [0.2, 0.25) is 0 Å². The number of carbonyl (C=O) groups is 1. The molecule has 5 heteroatoms. The molecule has 1 aromatic carbocycles. The molecular formula is C16H22ClNO3. The van der Waals surface area contributed by atoms with E-state index in [9.17, 15) is 9.90 Å². The highest BCUT2D eigenvalue weighted by atomic mass is 35.5. The van der Waals surface area contributed by atoms with E-state index in [-0.39, 0.29) is 24.7 Å². The van der Waals surface area contributed by atoms with E-state index in [2.05, 4.69) is 0 Å². The van der Waals surface area contributed by atoms with E-state index in [1.165, 1.54) is 0 Å². The highest BCUT2D eigenvalue weighted by Gasteiger charge is 2.29. The molecule has 0 spiro atoms. The first kappa shape index (κ1) is 16.1. The molecule has 0 saturated carbocycles. The fourth-order valence-corrected chi connectivity index (χ4v) is 2.94. The Balaban J connectivity index is 1.93. The van der Waals surface area contributed by atoms with Crippen LogP contribution in [-0.4, -0.2) is 41.2 Å². The lowest BCUT2D eigenvalue weighted by Crippen LogP contribution is -2.40. The zero-order chi connectivity index (χ0) is 15.4. The molecule has 1 N–H and O–H groups in total. The summed E-state index contributed by atoms with van der Waals surface area (Å²) in [5.41, 5.74) is 0.842. The third-order valence-electron chi connectivity index (χ3n) is 3.88. The molecule has 1 heterocycles. The minimum atomic E-state index is -0.389. The Hall–Kier alpha value is -1.26. The van der Waals surface area contributed by atoms with Crippen molar-refractivity contribution in [3.63, 3.8) is 0 Å². The summed E-state index contributed by atoms with van der Waals surface area (Å²) in [5, 5.41) is 10.1. The lowest BCUT2D eigenvalue weighted by atomic mass is 10.1. The SMILES string of the molecule is Cc1c(Cl)cccc1OCC(=O)N1CCCC1CC(C)O. The zero-order valence-corrected chi connectivity index (χ0v) is 13.3. The lowest BCUT2D eigenvalue weighted by molar-refractivity contribution is -0.134. The van der Waals surface area contributed by atoms with Gasteiger partial charge in [-0.15, -0.1) is 0 Å². The molecule has 1 aromatic rings. The average molecular weight is 312 g/mol. The fraction of sp³-hybridized carbons (Fsp3) is 0.562. The summed E-state index contributed by atoms with van der Waals surface area (Å²) in [5.74, 6) is 0.611. The van der Waals surface area contributed by atoms with Crippen molar-refractivity contribution in [2.75, 3.05) is 13.2 Å². The molecule has 2 unspecified atom stereocenters. The molecule has 2 rings (SSSR count). The van der Waals surface area contributed by atoms with Crippen LogP contribution >= 0.6 is 11.6 Å². The summed E-state index contributed by atoms with van der Waals surface area (Å²) >= 11 is 6.03. The van der Waals surface area contributed by atoms with E-state index < -0.39 is 0 Å². The van der Waals surface area contributed by atoms with Crippen molar-refractivity contribution < 1.29 is 14.6 Å². The summed E-state index contributed by atoms with van der Waals surface area (Å²) in [7, 11) is 0. The number of hydrogen-bond acceptors (Lipinski definition) is 3. The molecule has 1 fully saturated rings. The van der Waals surface area contributed by atoms with Gasteiger partial charge < -0.3 is 14.7 Å². The van der Waals surface area contributed by atoms with Gasteiger partial charge in [-0.3, -0.25) is 4.79 Å². The predicted molar refractivity (Wildman–Crippen MR) is 82.7 cm³/mol. The monoisotopic (exact) mass is 311 g/mol. The molecule has 0 bridgehead atoms. The smallest absolute Gasteiger partial charge is 0.260 e. The molecule has 1 saturated heterocycles. The third kappa shape index (κ3) is 4.11. The number of amides is 1. The Kier molecular flexibility index (Phi) is 5.48. The number of likely N-dealkylation sites (tertiary alicyclic amines) is 1. The van der Waals surface area contributed by atoms with Gasteiger partial charge in [0.15, 0.2) is 6.61 Å². The second kappa shape index (κ2) is 7.14. The molecule has 0 aliphatic carbocycles. The van der Waals surface area contributed by atoms with Crippen molar-refractivity contribution in [3.8, 4) is 5.75 Å². The molecule has 1 aliphatic rings. The lowest BCUT2D eigenvalue weighted by Gasteiger charge is -2.25. The summed E-state index contributed by atoms with van der Waals surface area (Å²) < 4.78 is 5.61. The standard InChI is InChI=1S/C16H22ClNO3/c1-11(19)9-13-5-4-8-18(13)16(20)10-21-15-7-3-6-14(17)12(15)2/h3,6-7,11,13,19H,4-5,8-10H2,1-2H3. The number of aliphatic hydroxyl groups is 1. The highest BCUT2D eigenvalue weighted by Crippen LogP contribution is 2.26. The van der Waals surface area contributed by atoms with Gasteiger partial charge in [-0.1, -0.05) is 17.7 Å². The molecule has 1 aliphatic heterocycles. The molecular weight excluding hydrogens is 290 g/mol. The summed E-state index contributed by atoms with van der Waals surface area (Å²) in [6.07, 6.45) is 2.17. The van der Waals surface area contributed by atoms with Crippen LogP contribution in [0.2, 0.25) is 5.02 Å². The molecule has 0 radical (unpaired) electrons. The molecule has 4 nitrogen and oxygen atoms in total. The van der Waals surface area contributed by atoms with Crippen molar-refractivity contribution in [3.05, 3.63) is 28.8 Å². The first-order valence-corrected chi connectivity index (χ1v) is 7.72. The van der Waals surface area contributed by atoms with Gasteiger partial charge in [0.1, 0.15) is 5.75 Å². The van der Waals surface area contributed by atoms with Crippen LogP contribution in [0.25, 0.3) is 0 Å². The van der Waals surface area contributed by atoms with Crippen LogP contribution in [-0.2, 0) is 4.79 Å². The van der Waals surface area contributed by atoms with Crippen LogP contribution in [0.5, 0.6) is 5.75 Å². The Morgan fingerprint density at radius 3 is 3.05 bits per heavy atom. The second-order valence-corrected chi connectivity index (χ2v) is 6.03. The van der Waals surface area contributed by atoms with Crippen molar-refractivity contribution in [2.24, 2.45) is 0 Å². The highest BCUT2D eigenvalue weighted by molar-refractivity contribution is 6.31. The Morgan fingerprint density at radius 2 is 2.33 bits per heavy atom. The summed E-state index contributed by atoms with van der Waals surface area (Å²) in [4.78, 5) is 14.1. The van der Waals surface area contributed by atoms with Crippen molar-refractivity contribution in [1.29, 1.82) is 0 Å². The van der Waals surface area contributed by atoms with Crippen molar-refractivity contribution in [1.82, 2.24) is 4.90 Å². The van der Waals surface area contributed by atoms with Crippen molar-refractivity contribution in [2.45, 2.75) is 45.3 Å².